The van der Waals surface area contributed by atoms with Gasteiger partial charge in [-0.05, 0) is 19.3 Å². The molecule has 1 aliphatic heterocycles. The van der Waals surface area contributed by atoms with Crippen molar-refractivity contribution in [1.82, 2.24) is 0 Å². The average molecular weight is 585 g/mol. The molecule has 0 aromatic rings. The lowest BCUT2D eigenvalue weighted by Gasteiger charge is -2.13. The summed E-state index contributed by atoms with van der Waals surface area (Å²) in [5, 5.41) is 0. The number of nitrogens with one attached hydrogen (secondary N) is 1. The molecule has 2 atom stereocenters. The fourth-order valence-electron chi connectivity index (χ4n) is 7.04. The third-order valence-electron chi connectivity index (χ3n) is 9.83. The Bertz CT molecular complexity index is 413. The molecule has 0 aliphatic carbocycles. The fourth-order valence-corrected chi connectivity index (χ4v) is 7.04. The van der Waals surface area contributed by atoms with Crippen LogP contribution in [0.4, 0.5) is 0 Å². The number of halogens is 1. The second-order valence-electron chi connectivity index (χ2n) is 13.8. The smallest absolute Gasteiger partial charge is 0.0801 e. The maximum Gasteiger partial charge on any atom is 0.0801 e. The Morgan fingerprint density at radius 1 is 0.400 bits per heavy atom. The summed E-state index contributed by atoms with van der Waals surface area (Å²) in [6.45, 7) is 9.06. The monoisotopic (exact) mass is 584 g/mol. The van der Waals surface area contributed by atoms with Crippen molar-refractivity contribution in [3.05, 3.63) is 0 Å². The zero-order valence-corrected chi connectivity index (χ0v) is 29.0. The molecule has 0 spiro atoms. The van der Waals surface area contributed by atoms with Gasteiger partial charge >= 0.3 is 0 Å². The number of unbranched alkanes of at least 4 members (excludes halogenated alkanes) is 28. The van der Waals surface area contributed by atoms with Gasteiger partial charge in [-0.3, -0.25) is 0 Å². The van der Waals surface area contributed by atoms with E-state index in [1.54, 1.807) is 0 Å². The minimum absolute atomic E-state index is 0. The van der Waals surface area contributed by atoms with Crippen molar-refractivity contribution >= 4 is 0 Å². The van der Waals surface area contributed by atoms with E-state index in [2.05, 4.69) is 13.8 Å². The van der Waals surface area contributed by atoms with Crippen molar-refractivity contribution in [3.8, 4) is 0 Å². The van der Waals surface area contributed by atoms with Crippen LogP contribution in [0.3, 0.4) is 0 Å². The van der Waals surface area contributed by atoms with Gasteiger partial charge in [-0.15, -0.1) is 0 Å². The largest absolute Gasteiger partial charge is 1.00 e. The Hall–Kier alpha value is 0.250. The highest BCUT2D eigenvalue weighted by molar-refractivity contribution is 4.63. The SMILES string of the molecule is CCCCCCCCCCCCCCCCCC1CC[NH+](CCCCCCCCCCCCCCCCC)C1.[Cl-]. The number of hydrogen-bond acceptors (Lipinski definition) is 0. The number of likely N-dealkylation sites (tertiary alicyclic amines) is 1. The average Bonchev–Trinajstić information content (AvgIpc) is 3.40. The maximum atomic E-state index is 2.31. The van der Waals surface area contributed by atoms with E-state index in [1.807, 2.05) is 4.90 Å². The Morgan fingerprint density at radius 2 is 0.700 bits per heavy atom. The molecular formula is C38H78ClN. The second-order valence-corrected chi connectivity index (χ2v) is 13.8. The van der Waals surface area contributed by atoms with Crippen LogP contribution in [0.2, 0.25) is 0 Å². The first-order valence-electron chi connectivity index (χ1n) is 19.2. The third-order valence-corrected chi connectivity index (χ3v) is 9.83. The summed E-state index contributed by atoms with van der Waals surface area (Å²) in [4.78, 5) is 1.94. The molecule has 1 N–H and O–H groups in total. The van der Waals surface area contributed by atoms with E-state index in [9.17, 15) is 0 Å². The molecule has 0 aromatic heterocycles. The van der Waals surface area contributed by atoms with Crippen molar-refractivity contribution in [2.24, 2.45) is 5.92 Å². The van der Waals surface area contributed by atoms with Crippen molar-refractivity contribution in [3.63, 3.8) is 0 Å². The first-order valence-corrected chi connectivity index (χ1v) is 19.2. The topological polar surface area (TPSA) is 4.44 Å². The van der Waals surface area contributed by atoms with Gasteiger partial charge in [0.1, 0.15) is 0 Å². The molecule has 1 aliphatic rings. The first kappa shape index (κ1) is 40.2. The lowest BCUT2D eigenvalue weighted by atomic mass is 9.99. The van der Waals surface area contributed by atoms with Gasteiger partial charge in [0.25, 0.3) is 0 Å². The van der Waals surface area contributed by atoms with Crippen LogP contribution in [0.25, 0.3) is 0 Å². The molecule has 2 unspecified atom stereocenters. The molecule has 0 saturated carbocycles. The van der Waals surface area contributed by atoms with Crippen LogP contribution in [-0.2, 0) is 0 Å². The van der Waals surface area contributed by atoms with Gasteiger partial charge in [0.2, 0.25) is 0 Å². The molecule has 0 radical (unpaired) electrons. The normalized spacial score (nSPS) is 16.9. The number of quaternary nitrogens is 1. The van der Waals surface area contributed by atoms with Crippen LogP contribution in [-0.4, -0.2) is 19.6 Å². The molecule has 0 aromatic carbocycles. The van der Waals surface area contributed by atoms with Crippen LogP contribution in [0.15, 0.2) is 0 Å². The van der Waals surface area contributed by atoms with E-state index in [0.29, 0.717) is 0 Å². The summed E-state index contributed by atoms with van der Waals surface area (Å²) < 4.78 is 0. The van der Waals surface area contributed by atoms with Crippen LogP contribution >= 0.6 is 0 Å². The summed E-state index contributed by atoms with van der Waals surface area (Å²) in [5.41, 5.74) is 0. The molecule has 0 bridgehead atoms. The van der Waals surface area contributed by atoms with Crippen molar-refractivity contribution in [2.45, 2.75) is 219 Å². The van der Waals surface area contributed by atoms with Crippen molar-refractivity contribution in [2.75, 3.05) is 19.6 Å². The van der Waals surface area contributed by atoms with Gasteiger partial charge in [-0.1, -0.05) is 194 Å². The molecule has 1 rings (SSSR count). The van der Waals surface area contributed by atoms with Gasteiger partial charge in [-0.2, -0.15) is 0 Å². The Morgan fingerprint density at radius 3 is 1.05 bits per heavy atom. The maximum absolute atomic E-state index is 2.31. The van der Waals surface area contributed by atoms with E-state index < -0.39 is 0 Å². The zero-order chi connectivity index (χ0) is 27.9. The highest BCUT2D eigenvalue weighted by Crippen LogP contribution is 2.18. The summed E-state index contributed by atoms with van der Waals surface area (Å²) >= 11 is 0. The van der Waals surface area contributed by atoms with Gasteiger partial charge in [0, 0.05) is 12.3 Å². The summed E-state index contributed by atoms with van der Waals surface area (Å²) in [7, 11) is 0. The molecule has 2 heteroatoms. The van der Waals surface area contributed by atoms with E-state index in [-0.39, 0.29) is 12.4 Å². The van der Waals surface area contributed by atoms with Crippen molar-refractivity contribution < 1.29 is 17.3 Å². The van der Waals surface area contributed by atoms with E-state index in [0.717, 1.165) is 5.92 Å². The summed E-state index contributed by atoms with van der Waals surface area (Å²) in [6, 6.07) is 0. The molecule has 1 nitrogen and oxygen atoms in total. The van der Waals surface area contributed by atoms with Gasteiger partial charge in [-0.25, -0.2) is 0 Å². The van der Waals surface area contributed by atoms with Crippen LogP contribution < -0.4 is 17.3 Å². The van der Waals surface area contributed by atoms with Crippen LogP contribution in [0.1, 0.15) is 219 Å². The molecular weight excluding hydrogens is 506 g/mol. The van der Waals surface area contributed by atoms with Crippen LogP contribution in [0, 0.1) is 5.92 Å². The number of hydrogen-bond donors (Lipinski definition) is 1. The first-order chi connectivity index (χ1) is 19.4. The van der Waals surface area contributed by atoms with E-state index in [4.69, 9.17) is 0 Å². The van der Waals surface area contributed by atoms with Gasteiger partial charge in [0.15, 0.2) is 0 Å². The lowest BCUT2D eigenvalue weighted by Crippen LogP contribution is -3.10. The fraction of sp³-hybridized carbons (Fsp3) is 1.00. The minimum atomic E-state index is 0. The molecule has 242 valence electrons. The molecule has 40 heavy (non-hydrogen) atoms. The van der Waals surface area contributed by atoms with Crippen molar-refractivity contribution in [1.29, 1.82) is 0 Å². The van der Waals surface area contributed by atoms with E-state index in [1.165, 1.54) is 225 Å². The molecule has 0 amide bonds. The number of rotatable bonds is 32. The summed E-state index contributed by atoms with van der Waals surface area (Å²) in [5.74, 6) is 1.05. The zero-order valence-electron chi connectivity index (χ0n) is 28.2. The predicted octanol–water partition coefficient (Wildman–Crippen LogP) is 9.03. The quantitative estimate of drug-likeness (QED) is 0.0753. The molecule has 1 heterocycles. The second kappa shape index (κ2) is 33.7. The Balaban J connectivity index is 0.0000152. The predicted molar refractivity (Wildman–Crippen MR) is 178 cm³/mol. The molecule has 1 saturated heterocycles. The highest BCUT2D eigenvalue weighted by Gasteiger charge is 2.24. The van der Waals surface area contributed by atoms with Crippen LogP contribution in [0.5, 0.6) is 0 Å². The highest BCUT2D eigenvalue weighted by atomic mass is 35.5. The van der Waals surface area contributed by atoms with E-state index >= 15 is 0 Å². The van der Waals surface area contributed by atoms with Gasteiger partial charge in [0.05, 0.1) is 19.6 Å². The Kier molecular flexibility index (Phi) is 34.0. The third kappa shape index (κ3) is 28.4. The summed E-state index contributed by atoms with van der Waals surface area (Å²) in [6.07, 6.45) is 47.4. The van der Waals surface area contributed by atoms with Gasteiger partial charge < -0.3 is 17.3 Å². The minimum Gasteiger partial charge on any atom is -1.00 e. The standard InChI is InChI=1S/C38H77N.ClH/c1-3-5-7-9-11-13-15-17-19-21-23-25-27-29-31-33-38-34-36-39(37-38)35-32-30-28-26-24-22-20-18-16-14-12-10-8-6-4-2;/h38H,3-37H2,1-2H3;1H. The Labute approximate surface area is 261 Å². The molecule has 1 fully saturated rings. The lowest BCUT2D eigenvalue weighted by molar-refractivity contribution is -0.889.